The van der Waals surface area contributed by atoms with Gasteiger partial charge in [-0.05, 0) is 59.5 Å². The lowest BCUT2D eigenvalue weighted by Gasteiger charge is -2.16. The van der Waals surface area contributed by atoms with Gasteiger partial charge in [0.05, 0.1) is 0 Å². The lowest BCUT2D eigenvalue weighted by Crippen LogP contribution is -2.32. The number of carbonyl (C=O) groups is 1. The summed E-state index contributed by atoms with van der Waals surface area (Å²) >= 11 is 3.47. The molecule has 2 saturated carbocycles. The molecule has 0 spiro atoms. The predicted molar refractivity (Wildman–Crippen MR) is 80.9 cm³/mol. The van der Waals surface area contributed by atoms with Gasteiger partial charge in [-0.1, -0.05) is 0 Å². The standard InChI is InChI=1S/C15H21BrN2O2/c1-20-7-6-15(4-5-15)10-17-14(19)13-8-11(16)9-18(13)12-2-3-12/h8-9,12H,2-7,10H2,1H3,(H,17,19). The molecule has 5 heteroatoms. The summed E-state index contributed by atoms with van der Waals surface area (Å²) in [5, 5.41) is 3.11. The van der Waals surface area contributed by atoms with Gasteiger partial charge in [-0.25, -0.2) is 0 Å². The van der Waals surface area contributed by atoms with Crippen LogP contribution in [-0.2, 0) is 4.74 Å². The van der Waals surface area contributed by atoms with Gasteiger partial charge in [-0.15, -0.1) is 0 Å². The van der Waals surface area contributed by atoms with Crippen LogP contribution >= 0.6 is 15.9 Å². The molecule has 2 aliphatic carbocycles. The van der Waals surface area contributed by atoms with Crippen molar-refractivity contribution in [3.63, 3.8) is 0 Å². The van der Waals surface area contributed by atoms with Crippen LogP contribution in [0.3, 0.4) is 0 Å². The Bertz CT molecular complexity index is 504. The lowest BCUT2D eigenvalue weighted by atomic mass is 10.0. The fraction of sp³-hybridized carbons (Fsp3) is 0.667. The topological polar surface area (TPSA) is 43.3 Å². The molecule has 20 heavy (non-hydrogen) atoms. The Morgan fingerprint density at radius 3 is 2.90 bits per heavy atom. The lowest BCUT2D eigenvalue weighted by molar-refractivity contribution is 0.0928. The summed E-state index contributed by atoms with van der Waals surface area (Å²) in [4.78, 5) is 12.4. The zero-order valence-corrected chi connectivity index (χ0v) is 13.4. The number of rotatable bonds is 7. The van der Waals surface area contributed by atoms with Gasteiger partial charge in [-0.2, -0.15) is 0 Å². The second kappa shape index (κ2) is 5.53. The first-order valence-corrected chi connectivity index (χ1v) is 8.07. The van der Waals surface area contributed by atoms with Crippen molar-refractivity contribution in [2.24, 2.45) is 5.41 Å². The summed E-state index contributed by atoms with van der Waals surface area (Å²) in [7, 11) is 1.73. The molecule has 2 aliphatic rings. The SMILES string of the molecule is COCCC1(CNC(=O)c2cc(Br)cn2C2CC2)CC1. The summed E-state index contributed by atoms with van der Waals surface area (Å²) in [5.74, 6) is 0.0475. The van der Waals surface area contributed by atoms with Crippen LogP contribution in [0.2, 0.25) is 0 Å². The van der Waals surface area contributed by atoms with Crippen LogP contribution in [0.1, 0.15) is 48.6 Å². The molecule has 1 aromatic heterocycles. The molecular weight excluding hydrogens is 320 g/mol. The largest absolute Gasteiger partial charge is 0.385 e. The highest BCUT2D eigenvalue weighted by atomic mass is 79.9. The average Bonchev–Trinajstić information content (AvgIpc) is 3.34. The van der Waals surface area contributed by atoms with Gasteiger partial charge in [0.25, 0.3) is 5.91 Å². The second-order valence-electron chi connectivity index (χ2n) is 6.11. The van der Waals surface area contributed by atoms with E-state index >= 15 is 0 Å². The van der Waals surface area contributed by atoms with Gasteiger partial charge in [-0.3, -0.25) is 4.79 Å². The Morgan fingerprint density at radius 1 is 1.55 bits per heavy atom. The number of carbonyl (C=O) groups excluding carboxylic acids is 1. The number of nitrogens with zero attached hydrogens (tertiary/aromatic N) is 1. The second-order valence-corrected chi connectivity index (χ2v) is 7.02. The molecular formula is C15H21BrN2O2. The van der Waals surface area contributed by atoms with Gasteiger partial charge in [0.1, 0.15) is 5.69 Å². The summed E-state index contributed by atoms with van der Waals surface area (Å²) < 4.78 is 8.24. The molecule has 0 aromatic carbocycles. The third kappa shape index (κ3) is 3.09. The maximum Gasteiger partial charge on any atom is 0.267 e. The maximum atomic E-state index is 12.4. The van der Waals surface area contributed by atoms with Crippen LogP contribution < -0.4 is 5.32 Å². The third-order valence-corrected chi connectivity index (χ3v) is 4.84. The number of methoxy groups -OCH3 is 1. The van der Waals surface area contributed by atoms with Crippen molar-refractivity contribution in [1.82, 2.24) is 9.88 Å². The van der Waals surface area contributed by atoms with E-state index in [1.165, 1.54) is 25.7 Å². The Labute approximate surface area is 128 Å². The molecule has 2 fully saturated rings. The molecule has 0 atom stereocenters. The third-order valence-electron chi connectivity index (χ3n) is 4.41. The fourth-order valence-corrected chi connectivity index (χ4v) is 3.09. The highest BCUT2D eigenvalue weighted by molar-refractivity contribution is 9.10. The van der Waals surface area contributed by atoms with E-state index in [1.54, 1.807) is 7.11 Å². The molecule has 0 saturated heterocycles. The first-order chi connectivity index (χ1) is 9.63. The van der Waals surface area contributed by atoms with Gasteiger partial charge < -0.3 is 14.6 Å². The Kier molecular flexibility index (Phi) is 3.91. The maximum absolute atomic E-state index is 12.4. The molecule has 0 unspecified atom stereocenters. The van der Waals surface area contributed by atoms with E-state index in [0.717, 1.165) is 29.7 Å². The van der Waals surface area contributed by atoms with Crippen molar-refractivity contribution < 1.29 is 9.53 Å². The van der Waals surface area contributed by atoms with Crippen LogP contribution in [-0.4, -0.2) is 30.7 Å². The molecule has 0 bridgehead atoms. The zero-order valence-electron chi connectivity index (χ0n) is 11.8. The van der Waals surface area contributed by atoms with Gasteiger partial charge in [0.2, 0.25) is 0 Å². The summed E-state index contributed by atoms with van der Waals surface area (Å²) in [6.07, 6.45) is 7.81. The highest BCUT2D eigenvalue weighted by Crippen LogP contribution is 2.48. The number of amides is 1. The van der Waals surface area contributed by atoms with Crippen molar-refractivity contribution in [2.75, 3.05) is 20.3 Å². The summed E-state index contributed by atoms with van der Waals surface area (Å²) in [5.41, 5.74) is 1.07. The quantitative estimate of drug-likeness (QED) is 0.828. The Morgan fingerprint density at radius 2 is 2.30 bits per heavy atom. The Hall–Kier alpha value is -0.810. The van der Waals surface area contributed by atoms with Crippen molar-refractivity contribution in [2.45, 2.75) is 38.1 Å². The number of hydrogen-bond donors (Lipinski definition) is 1. The van der Waals surface area contributed by atoms with E-state index in [2.05, 4.69) is 25.8 Å². The molecule has 3 rings (SSSR count). The fourth-order valence-electron chi connectivity index (χ4n) is 2.65. The van der Waals surface area contributed by atoms with Crippen molar-refractivity contribution >= 4 is 21.8 Å². The van der Waals surface area contributed by atoms with E-state index in [4.69, 9.17) is 4.74 Å². The molecule has 1 aromatic rings. The van der Waals surface area contributed by atoms with E-state index in [9.17, 15) is 4.79 Å². The summed E-state index contributed by atoms with van der Waals surface area (Å²) in [6.45, 7) is 1.54. The monoisotopic (exact) mass is 340 g/mol. The van der Waals surface area contributed by atoms with E-state index < -0.39 is 0 Å². The van der Waals surface area contributed by atoms with Crippen LogP contribution in [0.5, 0.6) is 0 Å². The van der Waals surface area contributed by atoms with Crippen LogP contribution in [0.25, 0.3) is 0 Å². The summed E-state index contributed by atoms with van der Waals surface area (Å²) in [6, 6.07) is 2.44. The predicted octanol–water partition coefficient (Wildman–Crippen LogP) is 3.13. The number of hydrogen-bond acceptors (Lipinski definition) is 2. The number of halogens is 1. The molecule has 110 valence electrons. The minimum absolute atomic E-state index is 0.0475. The number of aromatic nitrogens is 1. The minimum Gasteiger partial charge on any atom is -0.385 e. The average molecular weight is 341 g/mol. The Balaban J connectivity index is 1.59. The van der Waals surface area contributed by atoms with E-state index in [1.807, 2.05) is 12.3 Å². The smallest absolute Gasteiger partial charge is 0.267 e. The molecule has 1 N–H and O–H groups in total. The molecule has 1 heterocycles. The minimum atomic E-state index is 0.0475. The van der Waals surface area contributed by atoms with Crippen LogP contribution in [0, 0.1) is 5.41 Å². The molecule has 0 aliphatic heterocycles. The first-order valence-electron chi connectivity index (χ1n) is 7.28. The zero-order chi connectivity index (χ0) is 14.2. The van der Waals surface area contributed by atoms with Gasteiger partial charge in [0, 0.05) is 37.0 Å². The van der Waals surface area contributed by atoms with Crippen molar-refractivity contribution in [3.05, 3.63) is 22.4 Å². The van der Waals surface area contributed by atoms with E-state index in [-0.39, 0.29) is 5.91 Å². The number of ether oxygens (including phenoxy) is 1. The van der Waals surface area contributed by atoms with Crippen LogP contribution in [0.15, 0.2) is 16.7 Å². The van der Waals surface area contributed by atoms with Gasteiger partial charge in [0.15, 0.2) is 0 Å². The molecule has 0 radical (unpaired) electrons. The molecule has 4 nitrogen and oxygen atoms in total. The highest BCUT2D eigenvalue weighted by Gasteiger charge is 2.42. The van der Waals surface area contributed by atoms with Crippen LogP contribution in [0.4, 0.5) is 0 Å². The number of nitrogens with one attached hydrogen (secondary N) is 1. The van der Waals surface area contributed by atoms with Crippen molar-refractivity contribution in [1.29, 1.82) is 0 Å². The van der Waals surface area contributed by atoms with E-state index in [0.29, 0.717) is 11.5 Å². The normalized spacial score (nSPS) is 19.9. The molecule has 1 amide bonds. The van der Waals surface area contributed by atoms with Gasteiger partial charge >= 0.3 is 0 Å². The van der Waals surface area contributed by atoms with Crippen molar-refractivity contribution in [3.8, 4) is 0 Å². The first kappa shape index (κ1) is 14.1.